The molecule has 5 heteroatoms. The molecule has 2 rings (SSSR count). The summed E-state index contributed by atoms with van der Waals surface area (Å²) in [6.45, 7) is 3.63. The van der Waals surface area contributed by atoms with Crippen LogP contribution in [-0.4, -0.2) is 21.7 Å². The minimum Gasteiger partial charge on any atom is -0.508 e. The van der Waals surface area contributed by atoms with Crippen molar-refractivity contribution in [2.24, 2.45) is 5.10 Å². The van der Waals surface area contributed by atoms with Gasteiger partial charge in [-0.05, 0) is 55.8 Å². The van der Waals surface area contributed by atoms with Crippen LogP contribution in [0.4, 0.5) is 0 Å². The van der Waals surface area contributed by atoms with Crippen molar-refractivity contribution in [1.82, 2.24) is 10.4 Å². The molecule has 0 aliphatic rings. The number of nitrogens with one attached hydrogen (secondary N) is 1. The zero-order chi connectivity index (χ0) is 14.5. The van der Waals surface area contributed by atoms with Gasteiger partial charge < -0.3 is 5.11 Å². The van der Waals surface area contributed by atoms with E-state index in [0.717, 1.165) is 11.3 Å². The minimum atomic E-state index is -0.310. The molecule has 0 saturated carbocycles. The third-order valence-corrected chi connectivity index (χ3v) is 2.78. The second-order valence-corrected chi connectivity index (χ2v) is 4.37. The van der Waals surface area contributed by atoms with Gasteiger partial charge >= 0.3 is 0 Å². The fraction of sp³-hybridized carbons (Fsp3) is 0.133. The van der Waals surface area contributed by atoms with Crippen molar-refractivity contribution < 1.29 is 9.90 Å². The summed E-state index contributed by atoms with van der Waals surface area (Å²) in [5, 5.41) is 13.2. The maximum Gasteiger partial charge on any atom is 0.272 e. The van der Waals surface area contributed by atoms with Gasteiger partial charge in [-0.15, -0.1) is 0 Å². The van der Waals surface area contributed by atoms with Crippen molar-refractivity contribution in [3.8, 4) is 5.75 Å². The number of carbonyl (C=O) groups excluding carboxylic acids is 1. The number of hydrogen-bond acceptors (Lipinski definition) is 4. The van der Waals surface area contributed by atoms with Gasteiger partial charge in [-0.25, -0.2) is 5.43 Å². The second-order valence-electron chi connectivity index (χ2n) is 4.37. The van der Waals surface area contributed by atoms with E-state index < -0.39 is 0 Å². The number of aryl methyl sites for hydroxylation is 1. The van der Waals surface area contributed by atoms with Crippen molar-refractivity contribution in [2.75, 3.05) is 0 Å². The molecule has 0 unspecified atom stereocenters. The highest BCUT2D eigenvalue weighted by Gasteiger charge is 2.05. The van der Waals surface area contributed by atoms with E-state index in [1.54, 1.807) is 43.3 Å². The summed E-state index contributed by atoms with van der Waals surface area (Å²) >= 11 is 0. The second kappa shape index (κ2) is 5.97. The zero-order valence-electron chi connectivity index (χ0n) is 11.3. The average Bonchev–Trinajstić information content (AvgIpc) is 2.46. The van der Waals surface area contributed by atoms with Crippen LogP contribution in [0.3, 0.4) is 0 Å². The van der Waals surface area contributed by atoms with E-state index in [9.17, 15) is 9.90 Å². The monoisotopic (exact) mass is 269 g/mol. The number of benzene rings is 1. The smallest absolute Gasteiger partial charge is 0.272 e. The van der Waals surface area contributed by atoms with E-state index >= 15 is 0 Å². The third-order valence-electron chi connectivity index (χ3n) is 2.78. The number of aromatic hydroxyl groups is 1. The van der Waals surface area contributed by atoms with Crippen LogP contribution < -0.4 is 5.43 Å². The Morgan fingerprint density at radius 1 is 1.15 bits per heavy atom. The summed E-state index contributed by atoms with van der Waals surface area (Å²) in [5.41, 5.74) is 5.26. The highest BCUT2D eigenvalue weighted by Crippen LogP contribution is 2.10. The Hall–Kier alpha value is -2.69. The van der Waals surface area contributed by atoms with Crippen molar-refractivity contribution in [2.45, 2.75) is 13.8 Å². The van der Waals surface area contributed by atoms with Crippen LogP contribution in [0, 0.1) is 6.92 Å². The molecule has 1 amide bonds. The Kier molecular flexibility index (Phi) is 4.10. The fourth-order valence-electron chi connectivity index (χ4n) is 1.57. The summed E-state index contributed by atoms with van der Waals surface area (Å²) < 4.78 is 0. The van der Waals surface area contributed by atoms with Crippen LogP contribution in [0.1, 0.15) is 28.5 Å². The van der Waals surface area contributed by atoms with Gasteiger partial charge in [-0.1, -0.05) is 0 Å². The summed E-state index contributed by atoms with van der Waals surface area (Å²) in [5.74, 6) is -0.119. The largest absolute Gasteiger partial charge is 0.508 e. The van der Waals surface area contributed by atoms with Crippen molar-refractivity contribution in [3.05, 3.63) is 59.4 Å². The predicted octanol–water partition coefficient (Wildman–Crippen LogP) is 2.25. The number of phenolic OH excluding ortho intramolecular Hbond substituents is 1. The number of aromatic nitrogens is 1. The molecule has 2 aromatic rings. The summed E-state index contributed by atoms with van der Waals surface area (Å²) in [6, 6.07) is 10.1. The molecule has 1 heterocycles. The fourth-order valence-corrected chi connectivity index (χ4v) is 1.57. The topological polar surface area (TPSA) is 74.6 Å². The first-order valence-corrected chi connectivity index (χ1v) is 6.13. The van der Waals surface area contributed by atoms with E-state index in [1.165, 1.54) is 6.20 Å². The molecule has 0 aliphatic heterocycles. The molecule has 20 heavy (non-hydrogen) atoms. The van der Waals surface area contributed by atoms with Gasteiger partial charge in [0.2, 0.25) is 0 Å². The number of pyridine rings is 1. The number of hydrazone groups is 1. The van der Waals surface area contributed by atoms with Gasteiger partial charge in [-0.3, -0.25) is 9.78 Å². The van der Waals surface area contributed by atoms with Crippen molar-refractivity contribution in [1.29, 1.82) is 0 Å². The molecule has 0 aliphatic carbocycles. The van der Waals surface area contributed by atoms with Crippen molar-refractivity contribution in [3.63, 3.8) is 0 Å². The quantitative estimate of drug-likeness (QED) is 0.663. The maximum atomic E-state index is 11.8. The molecule has 0 radical (unpaired) electrons. The molecule has 0 saturated heterocycles. The molecule has 0 atom stereocenters. The molecule has 2 N–H and O–H groups in total. The van der Waals surface area contributed by atoms with Crippen LogP contribution in [0.2, 0.25) is 0 Å². The van der Waals surface area contributed by atoms with Gasteiger partial charge in [0.15, 0.2) is 0 Å². The van der Waals surface area contributed by atoms with Gasteiger partial charge in [0, 0.05) is 11.9 Å². The number of carbonyl (C=O) groups is 1. The van der Waals surface area contributed by atoms with Gasteiger partial charge in [0.1, 0.15) is 5.75 Å². The first-order valence-electron chi connectivity index (χ1n) is 6.13. The van der Waals surface area contributed by atoms with Crippen molar-refractivity contribution >= 4 is 11.6 Å². The highest BCUT2D eigenvalue weighted by atomic mass is 16.3. The van der Waals surface area contributed by atoms with E-state index in [1.807, 2.05) is 6.92 Å². The lowest BCUT2D eigenvalue weighted by Crippen LogP contribution is -2.19. The highest BCUT2D eigenvalue weighted by molar-refractivity contribution is 6.00. The van der Waals surface area contributed by atoms with E-state index in [0.29, 0.717) is 11.3 Å². The van der Waals surface area contributed by atoms with E-state index in [-0.39, 0.29) is 11.7 Å². The molecule has 102 valence electrons. The lowest BCUT2D eigenvalue weighted by atomic mass is 10.1. The minimum absolute atomic E-state index is 0.191. The maximum absolute atomic E-state index is 11.8. The molecule has 0 fully saturated rings. The Bertz CT molecular complexity index is 631. The Labute approximate surface area is 117 Å². The first kappa shape index (κ1) is 13.7. The molecule has 1 aromatic carbocycles. The third kappa shape index (κ3) is 3.41. The first-order chi connectivity index (χ1) is 9.56. The summed E-state index contributed by atoms with van der Waals surface area (Å²) in [7, 11) is 0. The van der Waals surface area contributed by atoms with Crippen LogP contribution in [0.15, 0.2) is 47.7 Å². The molecule has 0 spiro atoms. The van der Waals surface area contributed by atoms with Crippen LogP contribution in [0.25, 0.3) is 0 Å². The standard InChI is InChI=1S/C15H15N3O2/c1-10-3-4-13(9-16-10)15(20)18-17-11(2)12-5-7-14(19)8-6-12/h3-9,19H,1-2H3,(H,18,20)/b17-11-. The lowest BCUT2D eigenvalue weighted by Gasteiger charge is -2.03. The molecule has 5 nitrogen and oxygen atoms in total. The number of rotatable bonds is 3. The number of amides is 1. The van der Waals surface area contributed by atoms with Crippen LogP contribution in [0.5, 0.6) is 5.75 Å². The molecule has 0 bridgehead atoms. The molecule has 1 aromatic heterocycles. The van der Waals surface area contributed by atoms with E-state index in [2.05, 4.69) is 15.5 Å². The Balaban J connectivity index is 2.06. The zero-order valence-corrected chi connectivity index (χ0v) is 11.3. The normalized spacial score (nSPS) is 11.2. The number of hydrogen-bond donors (Lipinski definition) is 2. The Morgan fingerprint density at radius 3 is 2.40 bits per heavy atom. The summed E-state index contributed by atoms with van der Waals surface area (Å²) in [4.78, 5) is 15.9. The van der Waals surface area contributed by atoms with Gasteiger partial charge in [0.05, 0.1) is 11.3 Å². The van der Waals surface area contributed by atoms with Crippen LogP contribution >= 0.6 is 0 Å². The van der Waals surface area contributed by atoms with Gasteiger partial charge in [-0.2, -0.15) is 5.10 Å². The summed E-state index contributed by atoms with van der Waals surface area (Å²) in [6.07, 6.45) is 1.51. The average molecular weight is 269 g/mol. The SMILES string of the molecule is C/C(=N/NC(=O)c1ccc(C)nc1)c1ccc(O)cc1. The number of phenols is 1. The molecular formula is C15H15N3O2. The lowest BCUT2D eigenvalue weighted by molar-refractivity contribution is 0.0954. The van der Waals surface area contributed by atoms with E-state index in [4.69, 9.17) is 0 Å². The Morgan fingerprint density at radius 2 is 1.80 bits per heavy atom. The van der Waals surface area contributed by atoms with Gasteiger partial charge in [0.25, 0.3) is 5.91 Å². The number of nitrogens with zero attached hydrogens (tertiary/aromatic N) is 2. The predicted molar refractivity (Wildman–Crippen MR) is 76.8 cm³/mol. The molecular weight excluding hydrogens is 254 g/mol. The van der Waals surface area contributed by atoms with Crippen LogP contribution in [-0.2, 0) is 0 Å².